The highest BCUT2D eigenvalue weighted by molar-refractivity contribution is 7.50. The van der Waals surface area contributed by atoms with E-state index in [1.54, 1.807) is 7.05 Å². The predicted molar refractivity (Wildman–Crippen MR) is 65.9 cm³/mol. The first-order valence-corrected chi connectivity index (χ1v) is 7.40. The van der Waals surface area contributed by atoms with Crippen LogP contribution < -0.4 is 0 Å². The maximum atomic E-state index is 11.9. The summed E-state index contributed by atoms with van der Waals surface area (Å²) in [6, 6.07) is 0. The van der Waals surface area contributed by atoms with Gasteiger partial charge in [-0.3, -0.25) is 4.52 Å². The van der Waals surface area contributed by atoms with Gasteiger partial charge in [-0.1, -0.05) is 0 Å². The van der Waals surface area contributed by atoms with Crippen LogP contribution >= 0.6 is 7.75 Å². The summed E-state index contributed by atoms with van der Waals surface area (Å²) in [6.07, 6.45) is 1.87. The van der Waals surface area contributed by atoms with Crippen LogP contribution in [0.15, 0.2) is 0 Å². The van der Waals surface area contributed by atoms with Crippen LogP contribution in [-0.4, -0.2) is 68.0 Å². The number of hydrogen-bond donors (Lipinski definition) is 1. The van der Waals surface area contributed by atoms with E-state index in [2.05, 4.69) is 0 Å². The van der Waals surface area contributed by atoms with Gasteiger partial charge < -0.3 is 14.5 Å². The van der Waals surface area contributed by atoms with Gasteiger partial charge in [0, 0.05) is 19.7 Å². The molecule has 0 aromatic rings. The molecule has 1 heterocycles. The van der Waals surface area contributed by atoms with Crippen molar-refractivity contribution < 1.29 is 18.7 Å². The molecule has 7 heteroatoms. The van der Waals surface area contributed by atoms with E-state index in [0.717, 1.165) is 19.4 Å². The van der Waals surface area contributed by atoms with Gasteiger partial charge in [-0.05, 0) is 34.0 Å². The molecule has 17 heavy (non-hydrogen) atoms. The first kappa shape index (κ1) is 15.1. The smallest absolute Gasteiger partial charge is 0.376 e. The van der Waals surface area contributed by atoms with E-state index in [9.17, 15) is 9.46 Å². The van der Waals surface area contributed by atoms with E-state index in [0.29, 0.717) is 13.1 Å². The quantitative estimate of drug-likeness (QED) is 0.687. The zero-order chi connectivity index (χ0) is 12.9. The van der Waals surface area contributed by atoms with Crippen molar-refractivity contribution >= 4 is 7.75 Å². The first-order valence-electron chi connectivity index (χ1n) is 5.87. The Morgan fingerprint density at radius 1 is 1.41 bits per heavy atom. The molecule has 102 valence electrons. The Hall–Kier alpha value is 0.0300. The van der Waals surface area contributed by atoms with Gasteiger partial charge in [0.2, 0.25) is 0 Å². The van der Waals surface area contributed by atoms with Crippen molar-refractivity contribution in [3.8, 4) is 0 Å². The van der Waals surface area contributed by atoms with Gasteiger partial charge in [-0.25, -0.2) is 9.24 Å². The molecule has 0 spiro atoms. The minimum atomic E-state index is -3.67. The normalized spacial score (nSPS) is 24.5. The molecule has 0 saturated carbocycles. The summed E-state index contributed by atoms with van der Waals surface area (Å²) in [5, 5.41) is 0. The van der Waals surface area contributed by atoms with Gasteiger partial charge in [-0.15, -0.1) is 0 Å². The molecule has 1 aliphatic rings. The second-order valence-electron chi connectivity index (χ2n) is 4.61. The Morgan fingerprint density at radius 3 is 2.65 bits per heavy atom. The standard InChI is InChI=1S/C10H23N2O4P/c1-11(2)6-7-12(3)17(13,14)16-9-10-5-4-8-15-10/h10H,4-9H2,1-3H3,(H,13,14). The third kappa shape index (κ3) is 5.46. The molecule has 6 nitrogen and oxygen atoms in total. The average Bonchev–Trinajstić information content (AvgIpc) is 2.75. The van der Waals surface area contributed by atoms with Crippen LogP contribution in [0, 0.1) is 0 Å². The van der Waals surface area contributed by atoms with Crippen LogP contribution in [0.4, 0.5) is 0 Å². The molecule has 0 aromatic heterocycles. The van der Waals surface area contributed by atoms with Crippen molar-refractivity contribution in [3.63, 3.8) is 0 Å². The molecule has 1 rings (SSSR count). The molecule has 2 unspecified atom stereocenters. The van der Waals surface area contributed by atoms with E-state index < -0.39 is 7.75 Å². The zero-order valence-corrected chi connectivity index (χ0v) is 11.7. The monoisotopic (exact) mass is 266 g/mol. The Labute approximate surface area is 103 Å². The van der Waals surface area contributed by atoms with E-state index in [4.69, 9.17) is 9.26 Å². The summed E-state index contributed by atoms with van der Waals surface area (Å²) in [7, 11) is 1.77. The molecule has 1 fully saturated rings. The Morgan fingerprint density at radius 2 is 2.12 bits per heavy atom. The van der Waals surface area contributed by atoms with Gasteiger partial charge in [0.15, 0.2) is 0 Å². The highest BCUT2D eigenvalue weighted by Crippen LogP contribution is 2.45. The van der Waals surface area contributed by atoms with Crippen molar-refractivity contribution in [2.24, 2.45) is 0 Å². The maximum Gasteiger partial charge on any atom is 0.405 e. The topological polar surface area (TPSA) is 62.2 Å². The second-order valence-corrected chi connectivity index (χ2v) is 6.53. The van der Waals surface area contributed by atoms with E-state index >= 15 is 0 Å². The minimum absolute atomic E-state index is 0.0299. The summed E-state index contributed by atoms with van der Waals surface area (Å²) < 4.78 is 23.7. The lowest BCUT2D eigenvalue weighted by Gasteiger charge is -2.24. The average molecular weight is 266 g/mol. The molecule has 1 saturated heterocycles. The fourth-order valence-corrected chi connectivity index (χ4v) is 2.43. The Bertz CT molecular complexity index is 269. The summed E-state index contributed by atoms with van der Waals surface area (Å²) >= 11 is 0. The van der Waals surface area contributed by atoms with E-state index in [1.165, 1.54) is 4.67 Å². The predicted octanol–water partition coefficient (Wildman–Crippen LogP) is 0.776. The maximum absolute atomic E-state index is 11.9. The van der Waals surface area contributed by atoms with Crippen molar-refractivity contribution in [2.45, 2.75) is 18.9 Å². The second kappa shape index (κ2) is 6.83. The fourth-order valence-electron chi connectivity index (χ4n) is 1.53. The molecule has 0 aromatic carbocycles. The molecule has 0 aliphatic carbocycles. The molecule has 0 bridgehead atoms. The third-order valence-electron chi connectivity index (χ3n) is 2.75. The van der Waals surface area contributed by atoms with E-state index in [-0.39, 0.29) is 12.7 Å². The number of likely N-dealkylation sites (N-methyl/N-ethyl adjacent to an activating group) is 2. The molecule has 0 amide bonds. The minimum Gasteiger partial charge on any atom is -0.376 e. The SMILES string of the molecule is CN(C)CCN(C)P(=O)(O)OCC1CCCO1. The lowest BCUT2D eigenvalue weighted by Crippen LogP contribution is -2.28. The van der Waals surface area contributed by atoms with Gasteiger partial charge in [-0.2, -0.15) is 0 Å². The molecule has 1 aliphatic heterocycles. The number of rotatable bonds is 7. The largest absolute Gasteiger partial charge is 0.405 e. The van der Waals surface area contributed by atoms with Gasteiger partial charge >= 0.3 is 7.75 Å². The Kier molecular flexibility index (Phi) is 6.06. The number of hydrogen-bond acceptors (Lipinski definition) is 4. The molecular weight excluding hydrogens is 243 g/mol. The fraction of sp³-hybridized carbons (Fsp3) is 1.00. The van der Waals surface area contributed by atoms with Crippen LogP contribution in [0.1, 0.15) is 12.8 Å². The summed E-state index contributed by atoms with van der Waals surface area (Å²) in [6.45, 7) is 2.12. The van der Waals surface area contributed by atoms with Gasteiger partial charge in [0.25, 0.3) is 0 Å². The summed E-state index contributed by atoms with van der Waals surface area (Å²) in [5.41, 5.74) is 0. The van der Waals surface area contributed by atoms with Gasteiger partial charge in [0.05, 0.1) is 12.7 Å². The van der Waals surface area contributed by atoms with Crippen LogP contribution in [0.3, 0.4) is 0 Å². The highest BCUT2D eigenvalue weighted by atomic mass is 31.2. The van der Waals surface area contributed by atoms with Crippen LogP contribution in [-0.2, 0) is 13.8 Å². The van der Waals surface area contributed by atoms with Crippen LogP contribution in [0.2, 0.25) is 0 Å². The Balaban J connectivity index is 2.30. The van der Waals surface area contributed by atoms with Crippen LogP contribution in [0.25, 0.3) is 0 Å². The van der Waals surface area contributed by atoms with Crippen LogP contribution in [0.5, 0.6) is 0 Å². The third-order valence-corrected chi connectivity index (χ3v) is 4.30. The molecular formula is C10H23N2O4P. The highest BCUT2D eigenvalue weighted by Gasteiger charge is 2.28. The van der Waals surface area contributed by atoms with Crippen molar-refractivity contribution in [3.05, 3.63) is 0 Å². The molecule has 0 radical (unpaired) electrons. The zero-order valence-electron chi connectivity index (χ0n) is 10.8. The van der Waals surface area contributed by atoms with Gasteiger partial charge in [0.1, 0.15) is 0 Å². The molecule has 1 N–H and O–H groups in total. The van der Waals surface area contributed by atoms with Crippen molar-refractivity contribution in [2.75, 3.05) is 47.4 Å². The summed E-state index contributed by atoms with van der Waals surface area (Å²) in [4.78, 5) is 11.7. The van der Waals surface area contributed by atoms with Crippen molar-refractivity contribution in [1.29, 1.82) is 0 Å². The molecule has 2 atom stereocenters. The van der Waals surface area contributed by atoms with E-state index in [1.807, 2.05) is 19.0 Å². The number of nitrogens with zero attached hydrogens (tertiary/aromatic N) is 2. The lowest BCUT2D eigenvalue weighted by molar-refractivity contribution is 0.0577. The first-order chi connectivity index (χ1) is 7.92. The summed E-state index contributed by atoms with van der Waals surface area (Å²) in [5.74, 6) is 0. The lowest BCUT2D eigenvalue weighted by atomic mass is 10.2. The van der Waals surface area contributed by atoms with Crippen molar-refractivity contribution in [1.82, 2.24) is 9.57 Å². The number of ether oxygens (including phenoxy) is 1.